The summed E-state index contributed by atoms with van der Waals surface area (Å²) in [4.78, 5) is 13.9. The highest BCUT2D eigenvalue weighted by atomic mass is 16.3. The molecule has 116 valence electrons. The second kappa shape index (κ2) is 7.54. The van der Waals surface area contributed by atoms with Crippen molar-refractivity contribution in [2.75, 3.05) is 13.2 Å². The number of rotatable bonds is 5. The van der Waals surface area contributed by atoms with E-state index in [0.29, 0.717) is 0 Å². The van der Waals surface area contributed by atoms with Gasteiger partial charge in [0.2, 0.25) is 5.91 Å². The topological polar surface area (TPSA) is 78.6 Å². The number of nitrogens with one attached hydrogen (secondary N) is 1. The molecule has 1 amide bonds. The van der Waals surface area contributed by atoms with Crippen LogP contribution in [0.2, 0.25) is 0 Å². The Hall–Kier alpha value is -1.43. The zero-order valence-electron chi connectivity index (χ0n) is 12.6. The summed E-state index contributed by atoms with van der Waals surface area (Å²) in [6.45, 7) is 3.96. The quantitative estimate of drug-likeness (QED) is 0.432. The van der Waals surface area contributed by atoms with Crippen molar-refractivity contribution in [3.63, 3.8) is 0 Å². The van der Waals surface area contributed by atoms with E-state index in [9.17, 15) is 9.90 Å². The molecule has 1 saturated heterocycles. The Morgan fingerprint density at radius 3 is 2.76 bits per heavy atom. The molecule has 0 radical (unpaired) electrons. The van der Waals surface area contributed by atoms with Crippen molar-refractivity contribution in [1.29, 1.82) is 0 Å². The fraction of sp³-hybridized carbons (Fsp3) is 0.562. The van der Waals surface area contributed by atoms with E-state index >= 15 is 0 Å². The van der Waals surface area contributed by atoms with Gasteiger partial charge >= 0.3 is 0 Å². The maximum atomic E-state index is 11.5. The first-order chi connectivity index (χ1) is 10.2. The summed E-state index contributed by atoms with van der Waals surface area (Å²) in [5, 5.41) is 9.45. The van der Waals surface area contributed by atoms with Crippen LogP contribution in [0.1, 0.15) is 43.2 Å². The summed E-state index contributed by atoms with van der Waals surface area (Å²) in [6.07, 6.45) is 3.47. The van der Waals surface area contributed by atoms with Gasteiger partial charge in [-0.3, -0.25) is 15.1 Å². The molecule has 2 rings (SSSR count). The molecule has 21 heavy (non-hydrogen) atoms. The zero-order valence-corrected chi connectivity index (χ0v) is 12.6. The molecule has 1 aliphatic rings. The van der Waals surface area contributed by atoms with Crippen LogP contribution in [0.15, 0.2) is 24.3 Å². The van der Waals surface area contributed by atoms with Crippen LogP contribution in [0.4, 0.5) is 0 Å². The minimum Gasteiger partial charge on any atom is -0.395 e. The summed E-state index contributed by atoms with van der Waals surface area (Å²) in [6, 6.07) is 8.35. The first-order valence-corrected chi connectivity index (χ1v) is 7.60. The third-order valence-corrected chi connectivity index (χ3v) is 4.36. The maximum Gasteiger partial charge on any atom is 0.241 e. The zero-order chi connectivity index (χ0) is 15.2. The summed E-state index contributed by atoms with van der Waals surface area (Å²) in [7, 11) is 0. The molecule has 0 spiro atoms. The van der Waals surface area contributed by atoms with Gasteiger partial charge in [-0.25, -0.2) is 5.84 Å². The van der Waals surface area contributed by atoms with Gasteiger partial charge in [0, 0.05) is 12.6 Å². The lowest BCUT2D eigenvalue weighted by atomic mass is 9.98. The first kappa shape index (κ1) is 15.9. The fourth-order valence-corrected chi connectivity index (χ4v) is 2.90. The molecule has 2 atom stereocenters. The molecule has 0 bridgehead atoms. The molecule has 1 fully saturated rings. The van der Waals surface area contributed by atoms with Crippen LogP contribution in [0.3, 0.4) is 0 Å². The number of hydrazine groups is 1. The number of aliphatic hydroxyl groups excluding tert-OH is 1. The minimum atomic E-state index is -0.246. The van der Waals surface area contributed by atoms with E-state index in [2.05, 4.69) is 22.5 Å². The van der Waals surface area contributed by atoms with E-state index < -0.39 is 0 Å². The Bertz CT molecular complexity index is 461. The SMILES string of the molecule is CC(C(=O)NN)c1ccc(CN2CCCCC2CO)cc1. The molecule has 1 aliphatic heterocycles. The standard InChI is InChI=1S/C16H25N3O2/c1-12(16(21)18-17)14-7-5-13(6-8-14)10-19-9-3-2-4-15(19)11-20/h5-8,12,15,20H,2-4,9-11,17H2,1H3,(H,18,21). The molecule has 5 nitrogen and oxygen atoms in total. The van der Waals surface area contributed by atoms with Gasteiger partial charge in [-0.1, -0.05) is 30.7 Å². The van der Waals surface area contributed by atoms with Crippen LogP contribution in [0.5, 0.6) is 0 Å². The Morgan fingerprint density at radius 1 is 1.43 bits per heavy atom. The lowest BCUT2D eigenvalue weighted by molar-refractivity contribution is -0.122. The van der Waals surface area contributed by atoms with Crippen LogP contribution in [-0.2, 0) is 11.3 Å². The van der Waals surface area contributed by atoms with Gasteiger partial charge in [0.15, 0.2) is 0 Å². The van der Waals surface area contributed by atoms with Crippen LogP contribution < -0.4 is 11.3 Å². The highest BCUT2D eigenvalue weighted by molar-refractivity contribution is 5.82. The van der Waals surface area contributed by atoms with Crippen molar-refractivity contribution in [2.45, 2.75) is 44.7 Å². The largest absolute Gasteiger partial charge is 0.395 e. The van der Waals surface area contributed by atoms with Crippen molar-refractivity contribution >= 4 is 5.91 Å². The number of carbonyl (C=O) groups is 1. The van der Waals surface area contributed by atoms with E-state index in [4.69, 9.17) is 5.84 Å². The fourth-order valence-electron chi connectivity index (χ4n) is 2.90. The van der Waals surface area contributed by atoms with Crippen molar-refractivity contribution < 1.29 is 9.90 Å². The van der Waals surface area contributed by atoms with Gasteiger partial charge in [0.25, 0.3) is 0 Å². The minimum absolute atomic E-state index is 0.181. The number of benzene rings is 1. The number of hydrogen-bond donors (Lipinski definition) is 3. The summed E-state index contributed by atoms with van der Waals surface area (Å²) in [5.41, 5.74) is 4.35. The molecule has 1 heterocycles. The van der Waals surface area contributed by atoms with Gasteiger partial charge in [-0.05, 0) is 37.4 Å². The smallest absolute Gasteiger partial charge is 0.241 e. The molecule has 2 unspecified atom stereocenters. The normalized spacial score (nSPS) is 21.0. The molecule has 1 aromatic rings. The Kier molecular flexibility index (Phi) is 5.73. The molecule has 5 heteroatoms. The van der Waals surface area contributed by atoms with Gasteiger partial charge in [-0.15, -0.1) is 0 Å². The van der Waals surface area contributed by atoms with Gasteiger partial charge in [0.05, 0.1) is 12.5 Å². The lowest BCUT2D eigenvalue weighted by Gasteiger charge is -2.34. The Balaban J connectivity index is 2.00. The highest BCUT2D eigenvalue weighted by Crippen LogP contribution is 2.21. The summed E-state index contributed by atoms with van der Waals surface area (Å²) < 4.78 is 0. The second-order valence-electron chi connectivity index (χ2n) is 5.77. The Morgan fingerprint density at radius 2 is 2.14 bits per heavy atom. The number of piperidine rings is 1. The Labute approximate surface area is 126 Å². The number of nitrogens with two attached hydrogens (primary N) is 1. The van der Waals surface area contributed by atoms with E-state index in [1.165, 1.54) is 18.4 Å². The van der Waals surface area contributed by atoms with E-state index in [0.717, 1.165) is 25.1 Å². The maximum absolute atomic E-state index is 11.5. The average molecular weight is 291 g/mol. The molecule has 0 aromatic heterocycles. The van der Waals surface area contributed by atoms with Gasteiger partial charge < -0.3 is 5.11 Å². The third kappa shape index (κ3) is 4.03. The van der Waals surface area contributed by atoms with Gasteiger partial charge in [0.1, 0.15) is 0 Å². The number of carbonyl (C=O) groups excluding carboxylic acids is 1. The van der Waals surface area contributed by atoms with Crippen LogP contribution in [-0.4, -0.2) is 35.1 Å². The number of likely N-dealkylation sites (tertiary alicyclic amines) is 1. The van der Waals surface area contributed by atoms with Crippen LogP contribution in [0.25, 0.3) is 0 Å². The summed E-state index contributed by atoms with van der Waals surface area (Å²) in [5.74, 6) is 4.74. The van der Waals surface area contributed by atoms with Crippen molar-refractivity contribution in [1.82, 2.24) is 10.3 Å². The van der Waals surface area contributed by atoms with Crippen molar-refractivity contribution in [3.8, 4) is 0 Å². The van der Waals surface area contributed by atoms with Crippen molar-refractivity contribution in [2.24, 2.45) is 5.84 Å². The summed E-state index contributed by atoms with van der Waals surface area (Å²) >= 11 is 0. The second-order valence-corrected chi connectivity index (χ2v) is 5.77. The predicted octanol–water partition coefficient (Wildman–Crippen LogP) is 1.13. The molecular formula is C16H25N3O2. The average Bonchev–Trinajstić information content (AvgIpc) is 2.54. The molecule has 0 aliphatic carbocycles. The molecule has 4 N–H and O–H groups in total. The van der Waals surface area contributed by atoms with Gasteiger partial charge in [-0.2, -0.15) is 0 Å². The van der Waals surface area contributed by atoms with Crippen molar-refractivity contribution in [3.05, 3.63) is 35.4 Å². The number of hydrogen-bond acceptors (Lipinski definition) is 4. The van der Waals surface area contributed by atoms with Crippen LogP contribution >= 0.6 is 0 Å². The lowest BCUT2D eigenvalue weighted by Crippen LogP contribution is -2.41. The van der Waals surface area contributed by atoms with Crippen LogP contribution in [0, 0.1) is 0 Å². The molecular weight excluding hydrogens is 266 g/mol. The first-order valence-electron chi connectivity index (χ1n) is 7.60. The third-order valence-electron chi connectivity index (χ3n) is 4.36. The molecule has 0 saturated carbocycles. The monoisotopic (exact) mass is 291 g/mol. The highest BCUT2D eigenvalue weighted by Gasteiger charge is 2.21. The van der Waals surface area contributed by atoms with E-state index in [-0.39, 0.29) is 24.5 Å². The van der Waals surface area contributed by atoms with E-state index in [1.807, 2.05) is 19.1 Å². The predicted molar refractivity (Wildman–Crippen MR) is 82.3 cm³/mol. The molecule has 1 aromatic carbocycles. The number of amides is 1. The van der Waals surface area contributed by atoms with E-state index in [1.54, 1.807) is 0 Å². The number of nitrogens with zero attached hydrogens (tertiary/aromatic N) is 1. The number of aliphatic hydroxyl groups is 1.